The number of Topliss-reactive ketones (excluding diaryl/α,β-unsaturated/α-hetero) is 1. The number of benzene rings is 3. The van der Waals surface area contributed by atoms with E-state index >= 15 is 0 Å². The van der Waals surface area contributed by atoms with Gasteiger partial charge in [0, 0.05) is 20.9 Å². The van der Waals surface area contributed by atoms with Gasteiger partial charge in [0.15, 0.2) is 5.78 Å². The fraction of sp³-hybridized carbons (Fsp3) is 0.0385. The van der Waals surface area contributed by atoms with E-state index in [1.54, 1.807) is 30.0 Å². The van der Waals surface area contributed by atoms with Crippen molar-refractivity contribution in [1.82, 2.24) is 0 Å². The van der Waals surface area contributed by atoms with Crippen LogP contribution in [0.4, 0.5) is 0 Å². The third-order valence-electron chi connectivity index (χ3n) is 4.35. The molecule has 0 spiro atoms. The van der Waals surface area contributed by atoms with Gasteiger partial charge in [-0.2, -0.15) is 0 Å². The fourth-order valence-corrected chi connectivity index (χ4v) is 3.85. The molecular weight excluding hydrogens is 360 g/mol. The topological polar surface area (TPSA) is 17.1 Å². The molecule has 138 valence electrons. The normalized spacial score (nSPS) is 11.1. The van der Waals surface area contributed by atoms with Gasteiger partial charge in [-0.05, 0) is 42.3 Å². The van der Waals surface area contributed by atoms with Crippen molar-refractivity contribution in [1.29, 1.82) is 0 Å². The van der Waals surface area contributed by atoms with E-state index in [1.165, 1.54) is 10.5 Å². The Kier molecular flexibility index (Phi) is 6.46. The van der Waals surface area contributed by atoms with Crippen LogP contribution in [0, 0.1) is 6.92 Å². The number of carbonyl (C=O) groups is 1. The molecular formula is C26H22OS. The van der Waals surface area contributed by atoms with Gasteiger partial charge in [0.25, 0.3) is 0 Å². The lowest BCUT2D eigenvalue weighted by molar-refractivity contribution is 0.103. The van der Waals surface area contributed by atoms with Crippen molar-refractivity contribution in [3.63, 3.8) is 0 Å². The van der Waals surface area contributed by atoms with Crippen LogP contribution in [0.1, 0.15) is 15.9 Å². The fourth-order valence-electron chi connectivity index (χ4n) is 2.89. The third kappa shape index (κ3) is 4.59. The lowest BCUT2D eigenvalue weighted by Gasteiger charge is -2.11. The zero-order chi connectivity index (χ0) is 19.9. The number of ketones is 1. The van der Waals surface area contributed by atoms with Gasteiger partial charge < -0.3 is 0 Å². The van der Waals surface area contributed by atoms with Crippen LogP contribution in [-0.4, -0.2) is 5.78 Å². The van der Waals surface area contributed by atoms with Gasteiger partial charge in [0.05, 0.1) is 0 Å². The first-order valence-corrected chi connectivity index (χ1v) is 9.88. The third-order valence-corrected chi connectivity index (χ3v) is 5.43. The van der Waals surface area contributed by atoms with Crippen LogP contribution in [0.25, 0.3) is 11.1 Å². The molecule has 1 nitrogen and oxygen atoms in total. The largest absolute Gasteiger partial charge is 0.289 e. The Labute approximate surface area is 171 Å². The van der Waals surface area contributed by atoms with E-state index in [4.69, 9.17) is 0 Å². The molecule has 0 amide bonds. The molecule has 28 heavy (non-hydrogen) atoms. The highest BCUT2D eigenvalue weighted by Crippen LogP contribution is 2.36. The Bertz CT molecular complexity index is 1040. The molecule has 0 aliphatic carbocycles. The SMILES string of the molecule is C=C/C=C(\C=C)C(=O)c1cccc(-c2ccccc2Sc2ccc(C)cc2)c1. The molecule has 0 bridgehead atoms. The van der Waals surface area contributed by atoms with Crippen LogP contribution in [0.5, 0.6) is 0 Å². The lowest BCUT2D eigenvalue weighted by atomic mass is 9.98. The van der Waals surface area contributed by atoms with Crippen LogP contribution in [0.3, 0.4) is 0 Å². The van der Waals surface area contributed by atoms with Gasteiger partial charge in [-0.3, -0.25) is 4.79 Å². The number of carbonyl (C=O) groups excluding carboxylic acids is 1. The van der Waals surface area contributed by atoms with Crippen LogP contribution in [0.2, 0.25) is 0 Å². The van der Waals surface area contributed by atoms with E-state index in [0.29, 0.717) is 11.1 Å². The molecule has 0 radical (unpaired) electrons. The minimum Gasteiger partial charge on any atom is -0.289 e. The maximum Gasteiger partial charge on any atom is 0.193 e. The van der Waals surface area contributed by atoms with Crippen molar-refractivity contribution in [2.24, 2.45) is 0 Å². The summed E-state index contributed by atoms with van der Waals surface area (Å²) < 4.78 is 0. The van der Waals surface area contributed by atoms with Crippen molar-refractivity contribution < 1.29 is 4.79 Å². The van der Waals surface area contributed by atoms with Gasteiger partial charge in [-0.25, -0.2) is 0 Å². The van der Waals surface area contributed by atoms with Crippen molar-refractivity contribution in [2.45, 2.75) is 16.7 Å². The highest BCUT2D eigenvalue weighted by molar-refractivity contribution is 7.99. The van der Waals surface area contributed by atoms with Gasteiger partial charge in [-0.1, -0.05) is 97.2 Å². The molecule has 0 atom stereocenters. The Balaban J connectivity index is 1.97. The molecule has 0 saturated heterocycles. The van der Waals surface area contributed by atoms with Gasteiger partial charge in [-0.15, -0.1) is 0 Å². The molecule has 0 aliphatic heterocycles. The molecule has 0 N–H and O–H groups in total. The standard InChI is InChI=1S/C26H22OS/c1-4-9-20(5-2)26(27)22-11-8-10-21(18-22)24-12-6-7-13-25(24)28-23-16-14-19(3)15-17-23/h4-18H,1-2H2,3H3/b20-9+. The molecule has 0 aromatic heterocycles. The zero-order valence-electron chi connectivity index (χ0n) is 15.9. The van der Waals surface area contributed by atoms with Gasteiger partial charge >= 0.3 is 0 Å². The quantitative estimate of drug-likeness (QED) is 0.242. The van der Waals surface area contributed by atoms with Crippen molar-refractivity contribution in [3.8, 4) is 11.1 Å². The van der Waals surface area contributed by atoms with Crippen molar-refractivity contribution in [3.05, 3.63) is 121 Å². The van der Waals surface area contributed by atoms with Crippen LogP contribution in [-0.2, 0) is 0 Å². The Morgan fingerprint density at radius 3 is 2.39 bits per heavy atom. The second-order valence-corrected chi connectivity index (χ2v) is 7.50. The first kappa shape index (κ1) is 19.7. The highest BCUT2D eigenvalue weighted by atomic mass is 32.2. The number of allylic oxidation sites excluding steroid dienone is 4. The summed E-state index contributed by atoms with van der Waals surface area (Å²) >= 11 is 1.73. The van der Waals surface area contributed by atoms with E-state index in [1.807, 2.05) is 36.4 Å². The molecule has 0 fully saturated rings. The van der Waals surface area contributed by atoms with E-state index in [-0.39, 0.29) is 5.78 Å². The van der Waals surface area contributed by atoms with E-state index in [0.717, 1.165) is 16.0 Å². The molecule has 3 aromatic rings. The second kappa shape index (κ2) is 9.20. The van der Waals surface area contributed by atoms with Crippen molar-refractivity contribution >= 4 is 17.5 Å². The maximum absolute atomic E-state index is 12.8. The Morgan fingerprint density at radius 1 is 0.929 bits per heavy atom. The first-order chi connectivity index (χ1) is 13.6. The molecule has 3 aromatic carbocycles. The minimum absolute atomic E-state index is 0.0552. The summed E-state index contributed by atoms with van der Waals surface area (Å²) in [5, 5.41) is 0. The summed E-state index contributed by atoms with van der Waals surface area (Å²) in [5.74, 6) is -0.0552. The Hall–Kier alpha value is -3.10. The summed E-state index contributed by atoms with van der Waals surface area (Å²) in [4.78, 5) is 15.1. The lowest BCUT2D eigenvalue weighted by Crippen LogP contribution is -2.01. The number of hydrogen-bond donors (Lipinski definition) is 0. The van der Waals surface area contributed by atoms with E-state index in [2.05, 4.69) is 56.5 Å². The van der Waals surface area contributed by atoms with Crippen LogP contribution in [0.15, 0.2) is 120 Å². The summed E-state index contributed by atoms with van der Waals surface area (Å²) in [6.45, 7) is 9.49. The average molecular weight is 383 g/mol. The summed E-state index contributed by atoms with van der Waals surface area (Å²) in [5.41, 5.74) is 4.54. The molecule has 0 saturated carbocycles. The predicted octanol–water partition coefficient (Wildman–Crippen LogP) is 7.29. The molecule has 0 heterocycles. The van der Waals surface area contributed by atoms with Crippen molar-refractivity contribution in [2.75, 3.05) is 0 Å². The van der Waals surface area contributed by atoms with Gasteiger partial charge in [0.1, 0.15) is 0 Å². The minimum atomic E-state index is -0.0552. The summed E-state index contributed by atoms with van der Waals surface area (Å²) in [6.07, 6.45) is 4.85. The zero-order valence-corrected chi connectivity index (χ0v) is 16.7. The molecule has 2 heteroatoms. The molecule has 0 unspecified atom stereocenters. The first-order valence-electron chi connectivity index (χ1n) is 9.06. The van der Waals surface area contributed by atoms with Crippen LogP contribution < -0.4 is 0 Å². The monoisotopic (exact) mass is 382 g/mol. The van der Waals surface area contributed by atoms with Gasteiger partial charge in [0.2, 0.25) is 0 Å². The number of hydrogen-bond acceptors (Lipinski definition) is 2. The smallest absolute Gasteiger partial charge is 0.193 e. The molecule has 0 aliphatic rings. The second-order valence-electron chi connectivity index (χ2n) is 6.38. The van der Waals surface area contributed by atoms with Crippen LogP contribution >= 0.6 is 11.8 Å². The van der Waals surface area contributed by atoms with E-state index < -0.39 is 0 Å². The Morgan fingerprint density at radius 2 is 1.68 bits per heavy atom. The summed E-state index contributed by atoms with van der Waals surface area (Å²) in [7, 11) is 0. The number of aryl methyl sites for hydroxylation is 1. The summed E-state index contributed by atoms with van der Waals surface area (Å²) in [6, 6.07) is 24.5. The average Bonchev–Trinajstić information content (AvgIpc) is 2.73. The molecule has 3 rings (SSSR count). The maximum atomic E-state index is 12.8. The predicted molar refractivity (Wildman–Crippen MR) is 120 cm³/mol. The van der Waals surface area contributed by atoms with E-state index in [9.17, 15) is 4.79 Å². The highest BCUT2D eigenvalue weighted by Gasteiger charge is 2.12. The number of rotatable bonds is 7.